The third-order valence-corrected chi connectivity index (χ3v) is 3.90. The molecule has 2 aliphatic rings. The second kappa shape index (κ2) is 7.29. The Morgan fingerprint density at radius 1 is 1.08 bits per heavy atom. The lowest BCUT2D eigenvalue weighted by atomic mass is 10.1. The molecular weight excluding hydrogens is 361 g/mol. The largest absolute Gasteiger partial charge is 0.489 e. The zero-order valence-corrected chi connectivity index (χ0v) is 14.6. The molecule has 0 spiro atoms. The Morgan fingerprint density at radius 2 is 1.81 bits per heavy atom. The summed E-state index contributed by atoms with van der Waals surface area (Å²) in [6.07, 6.45) is -4.35. The number of H-pyrrole nitrogens is 1. The van der Waals surface area contributed by atoms with Crippen molar-refractivity contribution in [2.75, 3.05) is 0 Å². The quantitative estimate of drug-likeness (QED) is 0.553. The first kappa shape index (κ1) is 18.1. The van der Waals surface area contributed by atoms with E-state index in [0.717, 1.165) is 24.5 Å². The van der Waals surface area contributed by atoms with Gasteiger partial charge >= 0.3 is 6.18 Å². The maximum Gasteiger partial charge on any atom is 0.416 e. The SMILES string of the molecule is Cc1nc(=S)cc(-c2cccc(C(F)(F)F)c2)[nH]1.c1cc2ccc1CO2. The van der Waals surface area contributed by atoms with Gasteiger partial charge in [0, 0.05) is 5.69 Å². The number of nitrogens with zero attached hydrogens (tertiary/aromatic N) is 1. The monoisotopic (exact) mass is 376 g/mol. The number of alkyl halides is 3. The predicted octanol–water partition coefficient (Wildman–Crippen LogP) is 5.71. The molecule has 134 valence electrons. The maximum atomic E-state index is 12.6. The van der Waals surface area contributed by atoms with Crippen LogP contribution in [0.25, 0.3) is 11.3 Å². The van der Waals surface area contributed by atoms with Gasteiger partial charge in [0.05, 0.1) is 5.56 Å². The normalized spacial score (nSPS) is 12.2. The van der Waals surface area contributed by atoms with E-state index in [2.05, 4.69) is 22.1 Å². The van der Waals surface area contributed by atoms with Crippen molar-refractivity contribution in [1.29, 1.82) is 0 Å². The van der Waals surface area contributed by atoms with Crippen molar-refractivity contribution in [2.24, 2.45) is 0 Å². The van der Waals surface area contributed by atoms with Crippen molar-refractivity contribution in [3.63, 3.8) is 0 Å². The van der Waals surface area contributed by atoms with Crippen LogP contribution in [0.2, 0.25) is 0 Å². The second-order valence-electron chi connectivity index (χ2n) is 5.73. The van der Waals surface area contributed by atoms with E-state index in [0.29, 0.717) is 21.7 Å². The van der Waals surface area contributed by atoms with E-state index in [9.17, 15) is 13.2 Å². The van der Waals surface area contributed by atoms with Gasteiger partial charge in [-0.05, 0) is 48.4 Å². The number of fused-ring (bicyclic) bond motifs is 3. The second-order valence-corrected chi connectivity index (χ2v) is 6.15. The maximum absolute atomic E-state index is 12.6. The molecule has 2 aromatic carbocycles. The molecule has 1 N–H and O–H groups in total. The van der Waals surface area contributed by atoms with Gasteiger partial charge in [0.15, 0.2) is 0 Å². The van der Waals surface area contributed by atoms with Crippen LogP contribution in [0.1, 0.15) is 17.0 Å². The first-order valence-electron chi connectivity index (χ1n) is 7.78. The molecule has 0 atom stereocenters. The molecule has 2 aliphatic heterocycles. The van der Waals surface area contributed by atoms with Crippen LogP contribution in [0.15, 0.2) is 54.6 Å². The van der Waals surface area contributed by atoms with Gasteiger partial charge in [-0.1, -0.05) is 36.5 Å². The highest BCUT2D eigenvalue weighted by molar-refractivity contribution is 7.71. The standard InChI is InChI=1S/C12H9F3N2S.C7H6O/c1-7-16-10(6-11(18)17-7)8-3-2-4-9(5-8)12(13,14)15;1-3-7-4-2-6(1)5-8-7/h2-6H,1H3,(H,16,17,18);1-4H,5H2. The average Bonchev–Trinajstić information content (AvgIpc) is 2.62. The van der Waals surface area contributed by atoms with E-state index < -0.39 is 11.7 Å². The number of aryl methyl sites for hydroxylation is 1. The lowest BCUT2D eigenvalue weighted by Crippen LogP contribution is -2.04. The summed E-state index contributed by atoms with van der Waals surface area (Å²) in [7, 11) is 0. The summed E-state index contributed by atoms with van der Waals surface area (Å²) < 4.78 is 43.3. The predicted molar refractivity (Wildman–Crippen MR) is 95.4 cm³/mol. The highest BCUT2D eigenvalue weighted by atomic mass is 32.1. The molecule has 0 radical (unpaired) electrons. The highest BCUT2D eigenvalue weighted by Gasteiger charge is 2.30. The summed E-state index contributed by atoms with van der Waals surface area (Å²) in [5.41, 5.74) is 1.54. The van der Waals surface area contributed by atoms with E-state index in [-0.39, 0.29) is 0 Å². The summed E-state index contributed by atoms with van der Waals surface area (Å²) in [6, 6.07) is 14.7. The Morgan fingerprint density at radius 3 is 2.27 bits per heavy atom. The molecule has 0 aliphatic carbocycles. The summed E-state index contributed by atoms with van der Waals surface area (Å²) in [6.45, 7) is 2.47. The van der Waals surface area contributed by atoms with Gasteiger partial charge in [0.1, 0.15) is 22.8 Å². The highest BCUT2D eigenvalue weighted by Crippen LogP contribution is 2.31. The van der Waals surface area contributed by atoms with Crippen LogP contribution < -0.4 is 4.74 Å². The Hall–Kier alpha value is -2.67. The van der Waals surface area contributed by atoms with Gasteiger partial charge in [0.2, 0.25) is 0 Å². The molecule has 7 heteroatoms. The van der Waals surface area contributed by atoms with Crippen molar-refractivity contribution >= 4 is 12.2 Å². The van der Waals surface area contributed by atoms with E-state index in [1.165, 1.54) is 17.7 Å². The van der Waals surface area contributed by atoms with Gasteiger partial charge in [-0.3, -0.25) is 0 Å². The number of aromatic nitrogens is 2. The van der Waals surface area contributed by atoms with Gasteiger partial charge in [-0.2, -0.15) is 13.2 Å². The van der Waals surface area contributed by atoms with Crippen LogP contribution in [0.5, 0.6) is 5.75 Å². The van der Waals surface area contributed by atoms with E-state index in [4.69, 9.17) is 17.0 Å². The number of rotatable bonds is 1. The van der Waals surface area contributed by atoms with Gasteiger partial charge in [-0.25, -0.2) is 4.98 Å². The van der Waals surface area contributed by atoms with Crippen molar-refractivity contribution in [3.05, 3.63) is 76.2 Å². The minimum atomic E-state index is -4.35. The van der Waals surface area contributed by atoms with Crippen molar-refractivity contribution in [1.82, 2.24) is 9.97 Å². The molecule has 0 amide bonds. The molecule has 2 bridgehead atoms. The summed E-state index contributed by atoms with van der Waals surface area (Å²) >= 11 is 4.94. The number of hydrogen-bond donors (Lipinski definition) is 1. The summed E-state index contributed by atoms with van der Waals surface area (Å²) in [5, 5.41) is 0. The van der Waals surface area contributed by atoms with E-state index in [1.54, 1.807) is 13.0 Å². The molecule has 1 aromatic heterocycles. The summed E-state index contributed by atoms with van der Waals surface area (Å²) in [4.78, 5) is 6.87. The molecule has 3 nitrogen and oxygen atoms in total. The molecule has 0 fully saturated rings. The van der Waals surface area contributed by atoms with Crippen LogP contribution in [0, 0.1) is 11.6 Å². The molecule has 0 unspecified atom stereocenters. The number of hydrogen-bond acceptors (Lipinski definition) is 3. The smallest absolute Gasteiger partial charge is 0.416 e. The molecule has 0 saturated carbocycles. The third-order valence-electron chi connectivity index (χ3n) is 3.69. The average molecular weight is 376 g/mol. The molecule has 5 rings (SSSR count). The number of benzene rings is 2. The third kappa shape index (κ3) is 4.49. The molecule has 3 aromatic rings. The number of halogens is 3. The lowest BCUT2D eigenvalue weighted by Gasteiger charge is -2.11. The zero-order valence-electron chi connectivity index (χ0n) is 13.8. The Balaban J connectivity index is 0.000000201. The Labute approximate surface area is 153 Å². The molecule has 26 heavy (non-hydrogen) atoms. The zero-order chi connectivity index (χ0) is 18.7. The molecule has 3 heterocycles. The summed E-state index contributed by atoms with van der Waals surface area (Å²) in [5.74, 6) is 1.55. The minimum absolute atomic E-state index is 0.346. The fraction of sp³-hybridized carbons (Fsp3) is 0.158. The van der Waals surface area contributed by atoms with Crippen LogP contribution in [0.4, 0.5) is 13.2 Å². The topological polar surface area (TPSA) is 37.9 Å². The molecular formula is C19H15F3N2OS. The van der Waals surface area contributed by atoms with E-state index in [1.807, 2.05) is 12.1 Å². The number of ether oxygens (including phenoxy) is 1. The Kier molecular flexibility index (Phi) is 5.08. The van der Waals surface area contributed by atoms with Crippen LogP contribution >= 0.6 is 12.2 Å². The number of aromatic amines is 1. The van der Waals surface area contributed by atoms with Crippen molar-refractivity contribution < 1.29 is 17.9 Å². The van der Waals surface area contributed by atoms with Crippen LogP contribution in [-0.4, -0.2) is 9.97 Å². The lowest BCUT2D eigenvalue weighted by molar-refractivity contribution is -0.137. The first-order chi connectivity index (χ1) is 12.3. The van der Waals surface area contributed by atoms with Crippen LogP contribution in [0.3, 0.4) is 0 Å². The fourth-order valence-electron chi connectivity index (χ4n) is 2.45. The van der Waals surface area contributed by atoms with Gasteiger partial charge < -0.3 is 9.72 Å². The van der Waals surface area contributed by atoms with E-state index >= 15 is 0 Å². The fourth-order valence-corrected chi connectivity index (χ4v) is 2.70. The first-order valence-corrected chi connectivity index (χ1v) is 8.19. The van der Waals surface area contributed by atoms with Crippen LogP contribution in [-0.2, 0) is 12.8 Å². The van der Waals surface area contributed by atoms with Crippen molar-refractivity contribution in [3.8, 4) is 17.0 Å². The van der Waals surface area contributed by atoms with Gasteiger partial charge in [0.25, 0.3) is 0 Å². The van der Waals surface area contributed by atoms with Crippen molar-refractivity contribution in [2.45, 2.75) is 19.7 Å². The number of nitrogens with one attached hydrogen (secondary N) is 1. The molecule has 0 saturated heterocycles. The minimum Gasteiger partial charge on any atom is -0.489 e. The Bertz CT molecular complexity index is 943. The van der Waals surface area contributed by atoms with Gasteiger partial charge in [-0.15, -0.1) is 0 Å².